The summed E-state index contributed by atoms with van der Waals surface area (Å²) in [7, 11) is -3.94. The van der Waals surface area contributed by atoms with Crippen LogP contribution in [0.25, 0.3) is 0 Å². The van der Waals surface area contributed by atoms with E-state index in [1.54, 1.807) is 24.3 Å². The van der Waals surface area contributed by atoms with Gasteiger partial charge in [0, 0.05) is 11.6 Å². The molecule has 0 aliphatic carbocycles. The number of sulfonamides is 1. The SMILES string of the molecule is Cl.O=S(=O)(c1ccc(Cl)cc1)N(OCCCN1CCCCC1)c1ccccc1Cl. The maximum absolute atomic E-state index is 13.2. The van der Waals surface area contributed by atoms with Crippen molar-refractivity contribution in [1.29, 1.82) is 0 Å². The van der Waals surface area contributed by atoms with E-state index in [9.17, 15) is 8.42 Å². The van der Waals surface area contributed by atoms with Crippen molar-refractivity contribution in [3.8, 4) is 0 Å². The van der Waals surface area contributed by atoms with E-state index in [1.807, 2.05) is 0 Å². The fourth-order valence-corrected chi connectivity index (χ4v) is 4.88. The molecule has 160 valence electrons. The maximum Gasteiger partial charge on any atom is 0.286 e. The number of halogens is 3. The third-order valence-electron chi connectivity index (χ3n) is 4.65. The molecule has 0 spiro atoms. The van der Waals surface area contributed by atoms with Crippen LogP contribution in [0.5, 0.6) is 0 Å². The predicted octanol–water partition coefficient (Wildman–Crippen LogP) is 5.42. The van der Waals surface area contributed by atoms with Crippen LogP contribution in [0.2, 0.25) is 10.0 Å². The smallest absolute Gasteiger partial charge is 0.286 e. The third-order valence-corrected chi connectivity index (χ3v) is 6.83. The van der Waals surface area contributed by atoms with Gasteiger partial charge in [-0.2, -0.15) is 8.42 Å². The average Bonchev–Trinajstić information content (AvgIpc) is 2.70. The number of hydrogen-bond donors (Lipinski definition) is 0. The number of likely N-dealkylation sites (tertiary alicyclic amines) is 1. The zero-order chi connectivity index (χ0) is 20.0. The summed E-state index contributed by atoms with van der Waals surface area (Å²) in [6.45, 7) is 3.35. The maximum atomic E-state index is 13.2. The van der Waals surface area contributed by atoms with E-state index < -0.39 is 10.0 Å². The van der Waals surface area contributed by atoms with E-state index in [-0.39, 0.29) is 29.6 Å². The van der Waals surface area contributed by atoms with Crippen molar-refractivity contribution in [2.24, 2.45) is 0 Å². The van der Waals surface area contributed by atoms with Crippen LogP contribution in [0.4, 0.5) is 5.69 Å². The molecule has 2 aromatic carbocycles. The van der Waals surface area contributed by atoms with Gasteiger partial charge in [0.15, 0.2) is 0 Å². The van der Waals surface area contributed by atoms with Crippen LogP contribution in [-0.2, 0) is 14.9 Å². The fraction of sp³-hybridized carbons (Fsp3) is 0.400. The van der Waals surface area contributed by atoms with E-state index in [4.69, 9.17) is 28.0 Å². The molecule has 0 aromatic heterocycles. The molecular formula is C20H25Cl3N2O3S. The van der Waals surface area contributed by atoms with Crippen LogP contribution in [0.1, 0.15) is 25.7 Å². The van der Waals surface area contributed by atoms with E-state index >= 15 is 0 Å². The van der Waals surface area contributed by atoms with Crippen LogP contribution < -0.4 is 4.47 Å². The highest BCUT2D eigenvalue weighted by molar-refractivity contribution is 7.92. The first-order valence-corrected chi connectivity index (χ1v) is 11.6. The van der Waals surface area contributed by atoms with Crippen LogP contribution in [-0.4, -0.2) is 39.6 Å². The Hall–Kier alpha value is -1.02. The molecule has 0 unspecified atom stereocenters. The lowest BCUT2D eigenvalue weighted by Gasteiger charge is -2.27. The van der Waals surface area contributed by atoms with Gasteiger partial charge in [0.1, 0.15) is 5.69 Å². The molecule has 0 atom stereocenters. The van der Waals surface area contributed by atoms with Crippen LogP contribution in [0.3, 0.4) is 0 Å². The van der Waals surface area contributed by atoms with Gasteiger partial charge >= 0.3 is 0 Å². The molecular weight excluding hydrogens is 455 g/mol. The number of para-hydroxylation sites is 1. The Balaban J connectivity index is 0.00000300. The summed E-state index contributed by atoms with van der Waals surface area (Å²) in [4.78, 5) is 8.23. The standard InChI is InChI=1S/C20H24Cl2N2O3S.ClH/c21-17-9-11-18(12-10-17)28(25,26)24(20-8-3-2-7-19(20)22)27-16-6-15-23-13-4-1-5-14-23;/h2-3,7-12H,1,4-6,13-16H2;1H. The number of rotatable bonds is 8. The summed E-state index contributed by atoms with van der Waals surface area (Å²) in [5.41, 5.74) is 0.289. The van der Waals surface area contributed by atoms with E-state index in [0.717, 1.165) is 30.5 Å². The molecule has 5 nitrogen and oxygen atoms in total. The summed E-state index contributed by atoms with van der Waals surface area (Å²) < 4.78 is 27.3. The predicted molar refractivity (Wildman–Crippen MR) is 121 cm³/mol. The number of piperidine rings is 1. The van der Waals surface area contributed by atoms with Gasteiger partial charge < -0.3 is 4.90 Å². The van der Waals surface area contributed by atoms with Crippen LogP contribution in [0.15, 0.2) is 53.4 Å². The van der Waals surface area contributed by atoms with Crippen molar-refractivity contribution in [1.82, 2.24) is 4.90 Å². The second-order valence-corrected chi connectivity index (χ2v) is 9.32. The fourth-order valence-electron chi connectivity index (χ4n) is 3.19. The molecule has 0 radical (unpaired) electrons. The van der Waals surface area contributed by atoms with Gasteiger partial charge in [-0.15, -0.1) is 16.9 Å². The van der Waals surface area contributed by atoms with Crippen molar-refractivity contribution < 1.29 is 13.3 Å². The highest BCUT2D eigenvalue weighted by atomic mass is 35.5. The number of nitrogens with zero attached hydrogens (tertiary/aromatic N) is 2. The Morgan fingerprint density at radius 1 is 0.966 bits per heavy atom. The summed E-state index contributed by atoms with van der Waals surface area (Å²) >= 11 is 12.2. The highest BCUT2D eigenvalue weighted by Gasteiger charge is 2.28. The van der Waals surface area contributed by atoms with Crippen molar-refractivity contribution in [3.63, 3.8) is 0 Å². The van der Waals surface area contributed by atoms with Gasteiger partial charge in [0.25, 0.3) is 10.0 Å². The van der Waals surface area contributed by atoms with E-state index in [2.05, 4.69) is 4.90 Å². The molecule has 2 aromatic rings. The van der Waals surface area contributed by atoms with Gasteiger partial charge in [-0.1, -0.05) is 41.8 Å². The zero-order valence-electron chi connectivity index (χ0n) is 16.0. The highest BCUT2D eigenvalue weighted by Crippen LogP contribution is 2.31. The Morgan fingerprint density at radius 3 is 2.28 bits per heavy atom. The van der Waals surface area contributed by atoms with Gasteiger partial charge in [0.05, 0.1) is 16.5 Å². The lowest BCUT2D eigenvalue weighted by Crippen LogP contribution is -2.34. The molecule has 1 fully saturated rings. The Labute approximate surface area is 189 Å². The molecule has 3 rings (SSSR count). The molecule has 0 saturated carbocycles. The normalized spacial score (nSPS) is 15.0. The largest absolute Gasteiger partial charge is 0.303 e. The molecule has 1 heterocycles. The molecule has 1 saturated heterocycles. The van der Waals surface area contributed by atoms with Gasteiger partial charge in [-0.25, -0.2) is 0 Å². The van der Waals surface area contributed by atoms with Crippen LogP contribution in [0, 0.1) is 0 Å². The first-order valence-electron chi connectivity index (χ1n) is 9.39. The van der Waals surface area contributed by atoms with Crippen molar-refractivity contribution in [2.45, 2.75) is 30.6 Å². The Kier molecular flexibility index (Phi) is 9.53. The number of hydrogen-bond acceptors (Lipinski definition) is 4. The van der Waals surface area contributed by atoms with Crippen molar-refractivity contribution in [2.75, 3.05) is 30.7 Å². The second kappa shape index (κ2) is 11.4. The first kappa shape index (κ1) is 24.3. The summed E-state index contributed by atoms with van der Waals surface area (Å²) in [6, 6.07) is 12.7. The molecule has 1 aliphatic rings. The monoisotopic (exact) mass is 478 g/mol. The topological polar surface area (TPSA) is 49.9 Å². The molecule has 0 N–H and O–H groups in total. The first-order chi connectivity index (χ1) is 13.5. The summed E-state index contributed by atoms with van der Waals surface area (Å²) in [5, 5.41) is 0.766. The Morgan fingerprint density at radius 2 is 1.62 bits per heavy atom. The van der Waals surface area contributed by atoms with Crippen molar-refractivity contribution >= 4 is 51.3 Å². The molecule has 0 amide bonds. The molecule has 29 heavy (non-hydrogen) atoms. The van der Waals surface area contributed by atoms with E-state index in [1.165, 1.54) is 43.5 Å². The summed E-state index contributed by atoms with van der Waals surface area (Å²) in [6.07, 6.45) is 4.46. The van der Waals surface area contributed by atoms with Gasteiger partial charge in [-0.05, 0) is 68.8 Å². The van der Waals surface area contributed by atoms with Crippen molar-refractivity contribution in [3.05, 3.63) is 58.6 Å². The quantitative estimate of drug-likeness (QED) is 0.375. The van der Waals surface area contributed by atoms with Crippen LogP contribution >= 0.6 is 35.6 Å². The molecule has 9 heteroatoms. The average molecular weight is 480 g/mol. The van der Waals surface area contributed by atoms with Gasteiger partial charge in [-0.3, -0.25) is 4.84 Å². The molecule has 1 aliphatic heterocycles. The third kappa shape index (κ3) is 6.48. The van der Waals surface area contributed by atoms with Gasteiger partial charge in [0.2, 0.25) is 0 Å². The van der Waals surface area contributed by atoms with E-state index in [0.29, 0.717) is 10.0 Å². The molecule has 0 bridgehead atoms. The minimum Gasteiger partial charge on any atom is -0.303 e. The number of anilines is 1. The lowest BCUT2D eigenvalue weighted by atomic mass is 10.1. The summed E-state index contributed by atoms with van der Waals surface area (Å²) in [5.74, 6) is 0. The number of benzene rings is 2. The zero-order valence-corrected chi connectivity index (χ0v) is 19.1. The Bertz CT molecular complexity index is 873. The second-order valence-electron chi connectivity index (χ2n) is 6.73. The lowest BCUT2D eigenvalue weighted by molar-refractivity contribution is 0.128. The minimum atomic E-state index is -3.94. The minimum absolute atomic E-state index is 0.